The number of benzene rings is 1. The molecular formula is C9H7ClO. The second-order valence-corrected chi connectivity index (χ2v) is 2.56. The van der Waals surface area contributed by atoms with Gasteiger partial charge in [0.25, 0.3) is 0 Å². The molecule has 56 valence electrons. The number of halogens is 1. The molecule has 0 radical (unpaired) electrons. The van der Waals surface area contributed by atoms with Gasteiger partial charge in [-0.05, 0) is 17.7 Å². The van der Waals surface area contributed by atoms with Gasteiger partial charge in [-0.2, -0.15) is 0 Å². The quantitative estimate of drug-likeness (QED) is 0.633. The molecule has 0 aromatic heterocycles. The molecule has 0 unspecified atom stereocenters. The summed E-state index contributed by atoms with van der Waals surface area (Å²) in [5, 5.41) is 9.78. The van der Waals surface area contributed by atoms with E-state index in [4.69, 9.17) is 23.1 Å². The standard InChI is InChI=1S/C9H7ClO/c1-2-9(11)7-3-5-8(10)6-4-7/h1,3-6,9,11H/t9-/m0/s1. The normalized spacial score (nSPS) is 12.1. The summed E-state index contributed by atoms with van der Waals surface area (Å²) in [7, 11) is 0. The lowest BCUT2D eigenvalue weighted by Gasteiger charge is -2.01. The second-order valence-electron chi connectivity index (χ2n) is 2.12. The molecule has 0 spiro atoms. The van der Waals surface area contributed by atoms with Crippen molar-refractivity contribution in [3.8, 4) is 12.3 Å². The highest BCUT2D eigenvalue weighted by Gasteiger charge is 2.00. The zero-order chi connectivity index (χ0) is 8.27. The van der Waals surface area contributed by atoms with Crippen LogP contribution in [0, 0.1) is 12.3 Å². The molecular weight excluding hydrogens is 160 g/mol. The van der Waals surface area contributed by atoms with E-state index in [0.29, 0.717) is 10.6 Å². The number of hydrogen-bond acceptors (Lipinski definition) is 1. The molecule has 0 amide bonds. The summed E-state index contributed by atoms with van der Waals surface area (Å²) in [5.41, 5.74) is 0.692. The molecule has 1 aromatic carbocycles. The molecule has 0 aliphatic heterocycles. The van der Waals surface area contributed by atoms with Gasteiger partial charge < -0.3 is 5.11 Å². The molecule has 1 atom stereocenters. The van der Waals surface area contributed by atoms with Crippen LogP contribution in [-0.2, 0) is 0 Å². The number of aliphatic hydroxyl groups is 1. The van der Waals surface area contributed by atoms with Crippen LogP contribution in [0.5, 0.6) is 0 Å². The van der Waals surface area contributed by atoms with Crippen molar-refractivity contribution in [2.45, 2.75) is 6.10 Å². The van der Waals surface area contributed by atoms with Crippen molar-refractivity contribution >= 4 is 11.6 Å². The first-order valence-corrected chi connectivity index (χ1v) is 3.51. The van der Waals surface area contributed by atoms with E-state index in [-0.39, 0.29) is 0 Å². The van der Waals surface area contributed by atoms with Gasteiger partial charge in [0, 0.05) is 5.02 Å². The Bertz CT molecular complexity index is 271. The van der Waals surface area contributed by atoms with Crippen molar-refractivity contribution in [2.75, 3.05) is 0 Å². The molecule has 0 bridgehead atoms. The van der Waals surface area contributed by atoms with E-state index in [1.54, 1.807) is 24.3 Å². The van der Waals surface area contributed by atoms with Crippen molar-refractivity contribution in [1.82, 2.24) is 0 Å². The molecule has 11 heavy (non-hydrogen) atoms. The average Bonchev–Trinajstić information content (AvgIpc) is 2.05. The molecule has 0 heterocycles. The third-order valence-electron chi connectivity index (χ3n) is 1.34. The monoisotopic (exact) mass is 166 g/mol. The summed E-state index contributed by atoms with van der Waals surface area (Å²) in [4.78, 5) is 0. The van der Waals surface area contributed by atoms with Crippen LogP contribution in [0.25, 0.3) is 0 Å². The van der Waals surface area contributed by atoms with Gasteiger partial charge in [-0.1, -0.05) is 29.7 Å². The third-order valence-corrected chi connectivity index (χ3v) is 1.60. The van der Waals surface area contributed by atoms with Crippen LogP contribution in [0.4, 0.5) is 0 Å². The Hall–Kier alpha value is -0.970. The number of rotatable bonds is 1. The summed E-state index contributed by atoms with van der Waals surface area (Å²) >= 11 is 5.63. The zero-order valence-corrected chi connectivity index (χ0v) is 6.55. The zero-order valence-electron chi connectivity index (χ0n) is 5.79. The number of terminal acetylenes is 1. The maximum absolute atomic E-state index is 9.14. The van der Waals surface area contributed by atoms with Gasteiger partial charge in [0.05, 0.1) is 0 Å². The molecule has 0 aliphatic rings. The van der Waals surface area contributed by atoms with E-state index in [1.807, 2.05) is 0 Å². The molecule has 2 heteroatoms. The van der Waals surface area contributed by atoms with E-state index in [1.165, 1.54) is 0 Å². The highest BCUT2D eigenvalue weighted by Crippen LogP contribution is 2.15. The average molecular weight is 167 g/mol. The van der Waals surface area contributed by atoms with E-state index in [9.17, 15) is 0 Å². The van der Waals surface area contributed by atoms with Crippen LogP contribution < -0.4 is 0 Å². The Morgan fingerprint density at radius 1 is 1.36 bits per heavy atom. The van der Waals surface area contributed by atoms with E-state index < -0.39 is 6.10 Å². The van der Waals surface area contributed by atoms with Gasteiger partial charge >= 0.3 is 0 Å². The van der Waals surface area contributed by atoms with Crippen molar-refractivity contribution in [3.05, 3.63) is 34.9 Å². The first-order valence-electron chi connectivity index (χ1n) is 3.13. The maximum Gasteiger partial charge on any atom is 0.139 e. The topological polar surface area (TPSA) is 20.2 Å². The maximum atomic E-state index is 9.14. The van der Waals surface area contributed by atoms with Crippen LogP contribution in [0.15, 0.2) is 24.3 Å². The fourth-order valence-electron chi connectivity index (χ4n) is 0.741. The Kier molecular flexibility index (Phi) is 2.53. The Labute approximate surface area is 70.6 Å². The van der Waals surface area contributed by atoms with Gasteiger partial charge in [0.15, 0.2) is 0 Å². The number of aliphatic hydroxyl groups excluding tert-OH is 1. The second kappa shape index (κ2) is 3.43. The predicted molar refractivity (Wildman–Crippen MR) is 45.2 cm³/mol. The fraction of sp³-hybridized carbons (Fsp3) is 0.111. The van der Waals surface area contributed by atoms with Crippen LogP contribution in [0.3, 0.4) is 0 Å². The lowest BCUT2D eigenvalue weighted by Crippen LogP contribution is -1.91. The molecule has 0 aliphatic carbocycles. The van der Waals surface area contributed by atoms with Gasteiger partial charge in [-0.3, -0.25) is 0 Å². The van der Waals surface area contributed by atoms with Gasteiger partial charge in [0.2, 0.25) is 0 Å². The summed E-state index contributed by atoms with van der Waals surface area (Å²) in [6, 6.07) is 6.79. The van der Waals surface area contributed by atoms with Gasteiger partial charge in [-0.25, -0.2) is 0 Å². The smallest absolute Gasteiger partial charge is 0.139 e. The van der Waals surface area contributed by atoms with Crippen LogP contribution >= 0.6 is 11.6 Å². The minimum absolute atomic E-state index is 0.637. The lowest BCUT2D eigenvalue weighted by molar-refractivity contribution is 0.238. The number of hydrogen-bond donors (Lipinski definition) is 1. The van der Waals surface area contributed by atoms with E-state index in [2.05, 4.69) is 5.92 Å². The van der Waals surface area contributed by atoms with Crippen molar-refractivity contribution in [3.63, 3.8) is 0 Å². The fourth-order valence-corrected chi connectivity index (χ4v) is 0.867. The van der Waals surface area contributed by atoms with Crippen LogP contribution in [0.1, 0.15) is 11.7 Å². The first-order chi connectivity index (χ1) is 5.24. The highest BCUT2D eigenvalue weighted by molar-refractivity contribution is 6.30. The highest BCUT2D eigenvalue weighted by atomic mass is 35.5. The third kappa shape index (κ3) is 1.98. The van der Waals surface area contributed by atoms with Crippen molar-refractivity contribution < 1.29 is 5.11 Å². The van der Waals surface area contributed by atoms with E-state index >= 15 is 0 Å². The van der Waals surface area contributed by atoms with Crippen molar-refractivity contribution in [1.29, 1.82) is 0 Å². The minimum Gasteiger partial charge on any atom is -0.376 e. The molecule has 1 N–H and O–H groups in total. The summed E-state index contributed by atoms with van der Waals surface area (Å²) in [6.07, 6.45) is 4.18. The van der Waals surface area contributed by atoms with Crippen LogP contribution in [0.2, 0.25) is 5.02 Å². The molecule has 0 saturated carbocycles. The Morgan fingerprint density at radius 3 is 2.36 bits per heavy atom. The summed E-state index contributed by atoms with van der Waals surface area (Å²) in [6.45, 7) is 0. The molecule has 1 nitrogen and oxygen atoms in total. The molecule has 0 fully saturated rings. The largest absolute Gasteiger partial charge is 0.376 e. The molecule has 0 saturated heterocycles. The van der Waals surface area contributed by atoms with Crippen molar-refractivity contribution in [2.24, 2.45) is 0 Å². The Balaban J connectivity index is 2.92. The molecule has 1 rings (SSSR count). The minimum atomic E-state index is -0.827. The SMILES string of the molecule is C#C[C@H](O)c1ccc(Cl)cc1. The van der Waals surface area contributed by atoms with Crippen LogP contribution in [-0.4, -0.2) is 5.11 Å². The summed E-state index contributed by atoms with van der Waals surface area (Å²) in [5.74, 6) is 2.21. The van der Waals surface area contributed by atoms with Gasteiger partial charge in [-0.15, -0.1) is 6.42 Å². The van der Waals surface area contributed by atoms with E-state index in [0.717, 1.165) is 0 Å². The molecule has 1 aromatic rings. The predicted octanol–water partition coefficient (Wildman–Crippen LogP) is 2.01. The summed E-state index contributed by atoms with van der Waals surface area (Å²) < 4.78 is 0. The van der Waals surface area contributed by atoms with Gasteiger partial charge in [0.1, 0.15) is 6.10 Å². The lowest BCUT2D eigenvalue weighted by atomic mass is 10.1. The first kappa shape index (κ1) is 8.13. The Morgan fingerprint density at radius 2 is 1.91 bits per heavy atom.